The number of benzene rings is 1. The van der Waals surface area contributed by atoms with Gasteiger partial charge in [0.1, 0.15) is 23.3 Å². The summed E-state index contributed by atoms with van der Waals surface area (Å²) in [6.45, 7) is 0.887. The van der Waals surface area contributed by atoms with Gasteiger partial charge in [0.2, 0.25) is 0 Å². The van der Waals surface area contributed by atoms with Crippen LogP contribution in [0.4, 0.5) is 0 Å². The van der Waals surface area contributed by atoms with Crippen molar-refractivity contribution in [3.8, 4) is 10.6 Å². The highest BCUT2D eigenvalue weighted by Crippen LogP contribution is 2.26. The second-order valence-electron chi connectivity index (χ2n) is 5.50. The first-order valence-corrected chi connectivity index (χ1v) is 10.5. The fourth-order valence-corrected chi connectivity index (χ4v) is 5.10. The Labute approximate surface area is 153 Å². The Hall–Kier alpha value is -1.79. The van der Waals surface area contributed by atoms with Crippen LogP contribution in [0.15, 0.2) is 70.1 Å². The Balaban J connectivity index is 1.52. The van der Waals surface area contributed by atoms with Crippen molar-refractivity contribution >= 4 is 34.0 Å². The Morgan fingerprint density at radius 3 is 2.58 bits per heavy atom. The lowest BCUT2D eigenvalue weighted by atomic mass is 10.1. The molecule has 0 spiro atoms. The van der Waals surface area contributed by atoms with Gasteiger partial charge in [-0.1, -0.05) is 36.4 Å². The van der Waals surface area contributed by atoms with Crippen LogP contribution in [0.25, 0.3) is 10.6 Å². The molecular weight excluding hydrogens is 352 g/mol. The van der Waals surface area contributed by atoms with Crippen LogP contribution < -0.4 is 5.32 Å². The zero-order valence-electron chi connectivity index (χ0n) is 13.0. The highest BCUT2D eigenvalue weighted by molar-refractivity contribution is 7.14. The Morgan fingerprint density at radius 1 is 0.917 bits per heavy atom. The SMILES string of the molecule is c1ccc([C@@H]([NH2+]Cc2csc(-c3ccsc3)n2)c2cccs2)cc1. The molecule has 0 aliphatic rings. The van der Waals surface area contributed by atoms with Crippen molar-refractivity contribution in [2.45, 2.75) is 12.6 Å². The Bertz CT molecular complexity index is 865. The number of quaternary nitrogens is 1. The van der Waals surface area contributed by atoms with Crippen molar-refractivity contribution in [1.82, 2.24) is 4.98 Å². The van der Waals surface area contributed by atoms with Gasteiger partial charge in [-0.3, -0.25) is 0 Å². The van der Waals surface area contributed by atoms with E-state index < -0.39 is 0 Å². The van der Waals surface area contributed by atoms with Crippen molar-refractivity contribution in [3.05, 3.63) is 86.2 Å². The summed E-state index contributed by atoms with van der Waals surface area (Å²) >= 11 is 5.26. The summed E-state index contributed by atoms with van der Waals surface area (Å²) in [5, 5.41) is 12.1. The van der Waals surface area contributed by atoms with Crippen molar-refractivity contribution in [3.63, 3.8) is 0 Å². The fraction of sp³-hybridized carbons (Fsp3) is 0.105. The molecule has 0 amide bonds. The third kappa shape index (κ3) is 3.49. The predicted octanol–water partition coefficient (Wildman–Crippen LogP) is 4.79. The standard InChI is InChI=1S/C19H16N2S3/c1-2-5-14(6-3-1)18(17-7-4-9-23-17)20-11-16-13-24-19(21-16)15-8-10-22-12-15/h1-10,12-13,18,20H,11H2/p+1/t18-/m1/s1. The van der Waals surface area contributed by atoms with Gasteiger partial charge in [0.05, 0.1) is 4.88 Å². The summed E-state index contributed by atoms with van der Waals surface area (Å²) in [4.78, 5) is 6.18. The minimum absolute atomic E-state index is 0.331. The number of aromatic nitrogens is 1. The number of rotatable bonds is 6. The summed E-state index contributed by atoms with van der Waals surface area (Å²) < 4.78 is 0. The summed E-state index contributed by atoms with van der Waals surface area (Å²) in [6.07, 6.45) is 0. The average molecular weight is 370 g/mol. The first-order valence-electron chi connectivity index (χ1n) is 7.79. The number of nitrogens with two attached hydrogens (primary N) is 1. The van der Waals surface area contributed by atoms with Gasteiger partial charge >= 0.3 is 0 Å². The zero-order valence-corrected chi connectivity index (χ0v) is 15.4. The molecule has 3 heterocycles. The molecule has 0 fully saturated rings. The second-order valence-corrected chi connectivity index (χ2v) is 8.12. The van der Waals surface area contributed by atoms with Crippen LogP contribution in [-0.4, -0.2) is 4.98 Å². The van der Waals surface area contributed by atoms with Crippen LogP contribution >= 0.6 is 34.0 Å². The lowest BCUT2D eigenvalue weighted by Gasteiger charge is -2.14. The molecule has 0 unspecified atom stereocenters. The normalized spacial score (nSPS) is 12.3. The quantitative estimate of drug-likeness (QED) is 0.520. The molecule has 120 valence electrons. The van der Waals surface area contributed by atoms with E-state index in [1.165, 1.54) is 16.0 Å². The highest BCUT2D eigenvalue weighted by Gasteiger charge is 2.19. The summed E-state index contributed by atoms with van der Waals surface area (Å²) in [5.74, 6) is 0. The van der Waals surface area contributed by atoms with Crippen molar-refractivity contribution in [1.29, 1.82) is 0 Å². The van der Waals surface area contributed by atoms with Crippen LogP contribution in [0.5, 0.6) is 0 Å². The molecule has 5 heteroatoms. The van der Waals surface area contributed by atoms with Crippen LogP contribution in [0, 0.1) is 0 Å². The van der Waals surface area contributed by atoms with Crippen molar-refractivity contribution in [2.24, 2.45) is 0 Å². The predicted molar refractivity (Wildman–Crippen MR) is 104 cm³/mol. The number of thiophene rings is 2. The van der Waals surface area contributed by atoms with Crippen molar-refractivity contribution in [2.75, 3.05) is 0 Å². The van der Waals surface area contributed by atoms with E-state index >= 15 is 0 Å². The van der Waals surface area contributed by atoms with Crippen LogP contribution in [0.3, 0.4) is 0 Å². The molecule has 0 radical (unpaired) electrons. The van der Waals surface area contributed by atoms with Gasteiger partial charge in [0.25, 0.3) is 0 Å². The van der Waals surface area contributed by atoms with Gasteiger partial charge < -0.3 is 5.32 Å². The fourth-order valence-electron chi connectivity index (χ4n) is 2.70. The van der Waals surface area contributed by atoms with E-state index in [0.717, 1.165) is 17.2 Å². The summed E-state index contributed by atoms with van der Waals surface area (Å²) in [5.41, 5.74) is 3.72. The molecule has 1 aromatic carbocycles. The van der Waals surface area contributed by atoms with E-state index in [-0.39, 0.29) is 0 Å². The average Bonchev–Trinajstić information content (AvgIpc) is 3.38. The number of hydrogen-bond donors (Lipinski definition) is 1. The molecule has 4 rings (SSSR count). The van der Waals surface area contributed by atoms with E-state index in [4.69, 9.17) is 4.98 Å². The van der Waals surface area contributed by atoms with E-state index in [9.17, 15) is 0 Å². The molecule has 0 aliphatic heterocycles. The van der Waals surface area contributed by atoms with Gasteiger partial charge in [0.15, 0.2) is 0 Å². The molecule has 3 aromatic heterocycles. The number of thiazole rings is 1. The molecule has 0 aliphatic carbocycles. The topological polar surface area (TPSA) is 29.5 Å². The summed E-state index contributed by atoms with van der Waals surface area (Å²) in [6, 6.07) is 17.5. The van der Waals surface area contributed by atoms with Gasteiger partial charge in [-0.15, -0.1) is 22.7 Å². The largest absolute Gasteiger partial charge is 0.331 e. The lowest BCUT2D eigenvalue weighted by molar-refractivity contribution is -0.702. The maximum absolute atomic E-state index is 4.80. The van der Waals surface area contributed by atoms with Gasteiger partial charge in [0, 0.05) is 21.9 Å². The monoisotopic (exact) mass is 369 g/mol. The maximum Gasteiger partial charge on any atom is 0.147 e. The van der Waals surface area contributed by atoms with Crippen molar-refractivity contribution < 1.29 is 5.32 Å². The molecular formula is C19H17N2S3+. The molecule has 2 nitrogen and oxygen atoms in total. The number of hydrogen-bond acceptors (Lipinski definition) is 4. The maximum atomic E-state index is 4.80. The van der Waals surface area contributed by atoms with Gasteiger partial charge in [-0.2, -0.15) is 11.3 Å². The molecule has 4 aromatic rings. The van der Waals surface area contributed by atoms with Crippen LogP contribution in [-0.2, 0) is 6.54 Å². The molecule has 0 saturated carbocycles. The third-order valence-electron chi connectivity index (χ3n) is 3.89. The number of nitrogens with zero attached hydrogens (tertiary/aromatic N) is 1. The van der Waals surface area contributed by atoms with E-state index in [1.54, 1.807) is 22.7 Å². The van der Waals surface area contributed by atoms with E-state index in [1.807, 2.05) is 11.3 Å². The molecule has 0 saturated heterocycles. The van der Waals surface area contributed by atoms with E-state index in [2.05, 4.69) is 75.4 Å². The molecule has 24 heavy (non-hydrogen) atoms. The smallest absolute Gasteiger partial charge is 0.147 e. The molecule has 0 bridgehead atoms. The first kappa shape index (κ1) is 15.7. The second kappa shape index (κ2) is 7.40. The molecule has 2 N–H and O–H groups in total. The van der Waals surface area contributed by atoms with E-state index in [0.29, 0.717) is 6.04 Å². The minimum Gasteiger partial charge on any atom is -0.331 e. The highest BCUT2D eigenvalue weighted by atomic mass is 32.1. The van der Waals surface area contributed by atoms with Crippen LogP contribution in [0.1, 0.15) is 22.2 Å². The Morgan fingerprint density at radius 2 is 1.83 bits per heavy atom. The third-order valence-corrected chi connectivity index (χ3v) is 6.47. The van der Waals surface area contributed by atoms with Gasteiger partial charge in [-0.25, -0.2) is 4.98 Å². The Kier molecular flexibility index (Phi) is 4.85. The van der Waals surface area contributed by atoms with Gasteiger partial charge in [-0.05, 0) is 22.9 Å². The summed E-state index contributed by atoms with van der Waals surface area (Å²) in [7, 11) is 0. The van der Waals surface area contributed by atoms with Crippen LogP contribution in [0.2, 0.25) is 0 Å². The zero-order chi connectivity index (χ0) is 16.2. The first-order chi connectivity index (χ1) is 11.9. The lowest BCUT2D eigenvalue weighted by Crippen LogP contribution is -2.83. The minimum atomic E-state index is 0.331. The molecule has 1 atom stereocenters.